The maximum Gasteiger partial charge on any atom is 0.379 e. The number of hydrogen-bond donors (Lipinski definition) is 1. The predicted molar refractivity (Wildman–Crippen MR) is 114 cm³/mol. The number of ether oxygens (including phenoxy) is 3. The second-order valence-corrected chi connectivity index (χ2v) is 6.68. The van der Waals surface area contributed by atoms with E-state index in [0.717, 1.165) is 5.56 Å². The molecule has 1 N–H and O–H groups in total. The van der Waals surface area contributed by atoms with Gasteiger partial charge in [0, 0.05) is 5.02 Å². The molecular weight excluding hydrogens is 424 g/mol. The lowest BCUT2D eigenvalue weighted by Gasteiger charge is -2.09. The average Bonchev–Trinajstić information content (AvgIpc) is 3.30. The SMILES string of the molecule is COc1cc(/C=N/NC(=O)COc2ccc(Cl)c(C)c2)ccc1OC(=O)c1ccco1. The lowest BCUT2D eigenvalue weighted by Crippen LogP contribution is -2.24. The topological polar surface area (TPSA) is 99.4 Å². The number of nitrogens with zero attached hydrogens (tertiary/aromatic N) is 1. The van der Waals surface area contributed by atoms with Crippen LogP contribution in [-0.2, 0) is 4.79 Å². The third kappa shape index (κ3) is 6.10. The van der Waals surface area contributed by atoms with Crippen molar-refractivity contribution in [1.82, 2.24) is 5.43 Å². The molecule has 9 heteroatoms. The molecule has 0 fully saturated rings. The van der Waals surface area contributed by atoms with Crippen LogP contribution in [0.5, 0.6) is 17.2 Å². The summed E-state index contributed by atoms with van der Waals surface area (Å²) in [6.45, 7) is 1.64. The molecule has 3 rings (SSSR count). The Balaban J connectivity index is 1.54. The lowest BCUT2D eigenvalue weighted by atomic mass is 10.2. The molecule has 0 unspecified atom stereocenters. The summed E-state index contributed by atoms with van der Waals surface area (Å²) in [6, 6.07) is 13.0. The molecule has 0 saturated carbocycles. The highest BCUT2D eigenvalue weighted by Gasteiger charge is 2.15. The number of amides is 1. The van der Waals surface area contributed by atoms with Crippen LogP contribution in [0.1, 0.15) is 21.7 Å². The Hall–Kier alpha value is -3.78. The highest BCUT2D eigenvalue weighted by Crippen LogP contribution is 2.28. The van der Waals surface area contributed by atoms with Gasteiger partial charge in [-0.3, -0.25) is 4.79 Å². The van der Waals surface area contributed by atoms with E-state index in [2.05, 4.69) is 10.5 Å². The van der Waals surface area contributed by atoms with Crippen LogP contribution in [-0.4, -0.2) is 31.8 Å². The molecule has 1 heterocycles. The molecule has 0 radical (unpaired) electrons. The highest BCUT2D eigenvalue weighted by molar-refractivity contribution is 6.31. The number of furan rings is 1. The molecule has 0 spiro atoms. The van der Waals surface area contributed by atoms with Crippen LogP contribution in [0.2, 0.25) is 5.02 Å². The van der Waals surface area contributed by atoms with Crippen molar-refractivity contribution in [3.8, 4) is 17.2 Å². The van der Waals surface area contributed by atoms with Crippen molar-refractivity contribution in [1.29, 1.82) is 0 Å². The van der Waals surface area contributed by atoms with E-state index in [-0.39, 0.29) is 18.1 Å². The smallest absolute Gasteiger partial charge is 0.379 e. The summed E-state index contributed by atoms with van der Waals surface area (Å²) in [7, 11) is 1.44. The zero-order valence-corrected chi connectivity index (χ0v) is 17.5. The zero-order valence-electron chi connectivity index (χ0n) is 16.8. The van der Waals surface area contributed by atoms with Gasteiger partial charge in [0.05, 0.1) is 19.6 Å². The van der Waals surface area contributed by atoms with Crippen molar-refractivity contribution in [2.45, 2.75) is 6.92 Å². The van der Waals surface area contributed by atoms with Gasteiger partial charge >= 0.3 is 5.97 Å². The van der Waals surface area contributed by atoms with Gasteiger partial charge in [0.1, 0.15) is 5.75 Å². The number of halogens is 1. The first-order chi connectivity index (χ1) is 15.0. The fraction of sp³-hybridized carbons (Fsp3) is 0.136. The number of esters is 1. The molecule has 1 aromatic heterocycles. The normalized spacial score (nSPS) is 10.7. The number of methoxy groups -OCH3 is 1. The minimum absolute atomic E-state index is 0.0754. The minimum atomic E-state index is -0.645. The third-order valence-electron chi connectivity index (χ3n) is 4.01. The second-order valence-electron chi connectivity index (χ2n) is 6.27. The number of hydrogen-bond acceptors (Lipinski definition) is 7. The van der Waals surface area contributed by atoms with Gasteiger partial charge in [0.25, 0.3) is 5.91 Å². The number of carbonyl (C=O) groups is 2. The molecule has 31 heavy (non-hydrogen) atoms. The quantitative estimate of drug-likeness (QED) is 0.245. The molecule has 3 aromatic rings. The van der Waals surface area contributed by atoms with E-state index in [9.17, 15) is 9.59 Å². The van der Waals surface area contributed by atoms with Gasteiger partial charge in [-0.25, -0.2) is 10.2 Å². The summed E-state index contributed by atoms with van der Waals surface area (Å²) in [5.41, 5.74) is 3.84. The number of benzene rings is 2. The van der Waals surface area contributed by atoms with Crippen LogP contribution in [0.25, 0.3) is 0 Å². The van der Waals surface area contributed by atoms with Gasteiger partial charge in [-0.15, -0.1) is 0 Å². The molecule has 0 aliphatic rings. The van der Waals surface area contributed by atoms with Gasteiger partial charge in [-0.1, -0.05) is 11.6 Å². The molecule has 2 aromatic carbocycles. The number of nitrogens with one attached hydrogen (secondary N) is 1. The second kappa shape index (κ2) is 10.3. The fourth-order valence-electron chi connectivity index (χ4n) is 2.46. The van der Waals surface area contributed by atoms with Gasteiger partial charge < -0.3 is 18.6 Å². The summed E-state index contributed by atoms with van der Waals surface area (Å²) < 4.78 is 20.9. The summed E-state index contributed by atoms with van der Waals surface area (Å²) in [4.78, 5) is 23.9. The van der Waals surface area contributed by atoms with Crippen LogP contribution in [0.4, 0.5) is 0 Å². The average molecular weight is 443 g/mol. The maximum atomic E-state index is 12.0. The van der Waals surface area contributed by atoms with Crippen molar-refractivity contribution in [3.63, 3.8) is 0 Å². The number of aryl methyl sites for hydroxylation is 1. The molecule has 1 amide bonds. The summed E-state index contributed by atoms with van der Waals surface area (Å²) in [5, 5.41) is 4.51. The predicted octanol–water partition coefficient (Wildman–Crippen LogP) is 4.00. The van der Waals surface area contributed by atoms with Crippen LogP contribution < -0.4 is 19.6 Å². The molecule has 0 aliphatic carbocycles. The van der Waals surface area contributed by atoms with E-state index in [1.165, 1.54) is 25.7 Å². The third-order valence-corrected chi connectivity index (χ3v) is 4.44. The van der Waals surface area contributed by atoms with Crippen molar-refractivity contribution >= 4 is 29.7 Å². The maximum absolute atomic E-state index is 12.0. The van der Waals surface area contributed by atoms with E-state index < -0.39 is 11.9 Å². The van der Waals surface area contributed by atoms with Gasteiger partial charge in [0.15, 0.2) is 18.1 Å². The first-order valence-electron chi connectivity index (χ1n) is 9.11. The monoisotopic (exact) mass is 442 g/mol. The number of hydrazone groups is 1. The molecule has 0 saturated heterocycles. The van der Waals surface area contributed by atoms with Gasteiger partial charge in [-0.2, -0.15) is 5.10 Å². The van der Waals surface area contributed by atoms with Crippen LogP contribution in [0, 0.1) is 6.92 Å². The Morgan fingerprint density at radius 2 is 2.00 bits per heavy atom. The van der Waals surface area contributed by atoms with Crippen molar-refractivity contribution in [2.75, 3.05) is 13.7 Å². The standard InChI is InChI=1S/C22H19ClN2O6/c1-14-10-16(6-7-17(14)23)30-13-21(26)25-24-12-15-5-8-18(20(11-15)28-2)31-22(27)19-4-3-9-29-19/h3-12H,13H2,1-2H3,(H,25,26)/b24-12+. The largest absolute Gasteiger partial charge is 0.493 e. The van der Waals surface area contributed by atoms with E-state index in [0.29, 0.717) is 22.1 Å². The van der Waals surface area contributed by atoms with Crippen molar-refractivity contribution in [2.24, 2.45) is 5.10 Å². The van der Waals surface area contributed by atoms with Crippen molar-refractivity contribution < 1.29 is 28.2 Å². The molecule has 160 valence electrons. The van der Waals surface area contributed by atoms with E-state index in [4.69, 9.17) is 30.2 Å². The Bertz CT molecular complexity index is 1100. The summed E-state index contributed by atoms with van der Waals surface area (Å²) >= 11 is 5.96. The summed E-state index contributed by atoms with van der Waals surface area (Å²) in [5.74, 6) is 0.0675. The van der Waals surface area contributed by atoms with E-state index in [1.54, 1.807) is 42.5 Å². The lowest BCUT2D eigenvalue weighted by molar-refractivity contribution is -0.123. The van der Waals surface area contributed by atoms with Crippen LogP contribution in [0.3, 0.4) is 0 Å². The van der Waals surface area contributed by atoms with E-state index >= 15 is 0 Å². The summed E-state index contributed by atoms with van der Waals surface area (Å²) in [6.07, 6.45) is 2.80. The first-order valence-corrected chi connectivity index (χ1v) is 9.48. The Morgan fingerprint density at radius 3 is 2.71 bits per heavy atom. The van der Waals surface area contributed by atoms with E-state index in [1.807, 2.05) is 6.92 Å². The van der Waals surface area contributed by atoms with Crippen molar-refractivity contribution in [3.05, 3.63) is 76.7 Å². The number of rotatable bonds is 8. The van der Waals surface area contributed by atoms with Crippen LogP contribution in [0.15, 0.2) is 64.3 Å². The van der Waals surface area contributed by atoms with Gasteiger partial charge in [-0.05, 0) is 66.6 Å². The minimum Gasteiger partial charge on any atom is -0.493 e. The molecule has 0 bridgehead atoms. The highest BCUT2D eigenvalue weighted by atomic mass is 35.5. The molecule has 0 aliphatic heterocycles. The molecule has 0 atom stereocenters. The zero-order chi connectivity index (χ0) is 22.2. The van der Waals surface area contributed by atoms with Gasteiger partial charge in [0.2, 0.25) is 5.76 Å². The Kier molecular flexibility index (Phi) is 7.29. The molecule has 8 nitrogen and oxygen atoms in total. The number of carbonyl (C=O) groups excluding carboxylic acids is 2. The Morgan fingerprint density at radius 1 is 1.16 bits per heavy atom. The Labute approximate surface area is 183 Å². The molecular formula is C22H19ClN2O6. The fourth-order valence-corrected chi connectivity index (χ4v) is 2.58. The first kappa shape index (κ1) is 21.9. The van der Waals surface area contributed by atoms with Crippen LogP contribution >= 0.6 is 11.6 Å².